The predicted octanol–water partition coefficient (Wildman–Crippen LogP) is 5.46. The number of carbonyl (C=O) groups excluding carboxylic acids is 1. The number of halogens is 4. The monoisotopic (exact) mass is 414 g/mol. The Morgan fingerprint density at radius 1 is 1.25 bits per heavy atom. The first-order valence-corrected chi connectivity index (χ1v) is 9.86. The lowest BCUT2D eigenvalue weighted by Gasteiger charge is -2.17. The van der Waals surface area contributed by atoms with Crippen molar-refractivity contribution in [1.82, 2.24) is 4.57 Å². The summed E-state index contributed by atoms with van der Waals surface area (Å²) in [7, 11) is 0. The maximum atomic E-state index is 13.3. The molecule has 0 unspecified atom stereocenters. The standard InChI is InChI=1S/C20H22F4N2OS/c1-11-16(19(2,3)4)28-18(26(11)10-12-5-6-12)25-17(27)14-8-7-13(21)9-15(14)20(22,23)24/h7-9,12H,5-6,10H2,1-4H3. The fourth-order valence-electron chi connectivity index (χ4n) is 3.12. The van der Waals surface area contributed by atoms with Gasteiger partial charge in [0, 0.05) is 17.1 Å². The van der Waals surface area contributed by atoms with Gasteiger partial charge in [0.1, 0.15) is 5.82 Å². The van der Waals surface area contributed by atoms with Gasteiger partial charge in [0.2, 0.25) is 0 Å². The van der Waals surface area contributed by atoms with Gasteiger partial charge in [-0.25, -0.2) is 4.39 Å². The molecule has 28 heavy (non-hydrogen) atoms. The number of amides is 1. The van der Waals surface area contributed by atoms with Crippen LogP contribution in [0.15, 0.2) is 23.2 Å². The van der Waals surface area contributed by atoms with E-state index >= 15 is 0 Å². The molecular formula is C20H22F4N2OS. The average Bonchev–Trinajstić information content (AvgIpc) is 3.32. The van der Waals surface area contributed by atoms with Crippen LogP contribution in [-0.2, 0) is 18.1 Å². The van der Waals surface area contributed by atoms with Crippen molar-refractivity contribution in [3.63, 3.8) is 0 Å². The molecule has 1 saturated carbocycles. The lowest BCUT2D eigenvalue weighted by molar-refractivity contribution is -0.138. The van der Waals surface area contributed by atoms with E-state index in [0.29, 0.717) is 23.3 Å². The molecule has 1 aromatic heterocycles. The highest BCUT2D eigenvalue weighted by Gasteiger charge is 2.36. The number of carbonyl (C=O) groups is 1. The highest BCUT2D eigenvalue weighted by molar-refractivity contribution is 7.09. The average molecular weight is 414 g/mol. The Morgan fingerprint density at radius 3 is 2.43 bits per heavy atom. The number of alkyl halides is 3. The van der Waals surface area contributed by atoms with Crippen LogP contribution in [0, 0.1) is 18.7 Å². The van der Waals surface area contributed by atoms with Crippen molar-refractivity contribution in [2.75, 3.05) is 0 Å². The van der Waals surface area contributed by atoms with Crippen LogP contribution < -0.4 is 4.80 Å². The first-order valence-electron chi connectivity index (χ1n) is 9.04. The third-order valence-electron chi connectivity index (χ3n) is 4.69. The van der Waals surface area contributed by atoms with Crippen LogP contribution in [-0.4, -0.2) is 10.5 Å². The Kier molecular flexibility index (Phi) is 5.29. The van der Waals surface area contributed by atoms with Gasteiger partial charge in [-0.2, -0.15) is 18.2 Å². The smallest absolute Gasteiger partial charge is 0.320 e. The lowest BCUT2D eigenvalue weighted by atomic mass is 9.93. The molecule has 1 fully saturated rings. The molecule has 0 spiro atoms. The van der Waals surface area contributed by atoms with E-state index in [1.54, 1.807) is 0 Å². The zero-order valence-corrected chi connectivity index (χ0v) is 17.0. The van der Waals surface area contributed by atoms with Gasteiger partial charge >= 0.3 is 6.18 Å². The molecule has 0 N–H and O–H groups in total. The third kappa shape index (κ3) is 4.37. The molecule has 1 aromatic carbocycles. The van der Waals surface area contributed by atoms with Crippen molar-refractivity contribution in [3.05, 3.63) is 50.5 Å². The molecule has 0 saturated heterocycles. The summed E-state index contributed by atoms with van der Waals surface area (Å²) in [5, 5.41) is 0. The molecule has 2 aromatic rings. The van der Waals surface area contributed by atoms with Crippen molar-refractivity contribution in [2.24, 2.45) is 10.9 Å². The summed E-state index contributed by atoms with van der Waals surface area (Å²) in [5.41, 5.74) is -1.15. The van der Waals surface area contributed by atoms with E-state index in [-0.39, 0.29) is 5.41 Å². The normalized spacial score (nSPS) is 15.9. The first kappa shape index (κ1) is 20.8. The van der Waals surface area contributed by atoms with Gasteiger partial charge in [-0.3, -0.25) is 4.79 Å². The summed E-state index contributed by atoms with van der Waals surface area (Å²) < 4.78 is 55.0. The van der Waals surface area contributed by atoms with Crippen LogP contribution in [0.5, 0.6) is 0 Å². The molecule has 0 radical (unpaired) electrons. The molecule has 0 aliphatic heterocycles. The fraction of sp³-hybridized carbons (Fsp3) is 0.500. The molecule has 1 aliphatic rings. The number of nitrogens with zero attached hydrogens (tertiary/aromatic N) is 2. The minimum Gasteiger partial charge on any atom is -0.320 e. The van der Waals surface area contributed by atoms with Gasteiger partial charge in [-0.05, 0) is 49.3 Å². The first-order chi connectivity index (χ1) is 12.9. The van der Waals surface area contributed by atoms with Crippen LogP contribution in [0.3, 0.4) is 0 Å². The number of hydrogen-bond acceptors (Lipinski definition) is 2. The second kappa shape index (κ2) is 7.13. The van der Waals surface area contributed by atoms with Crippen molar-refractivity contribution >= 4 is 17.2 Å². The third-order valence-corrected chi connectivity index (χ3v) is 6.30. The highest BCUT2D eigenvalue weighted by atomic mass is 32.1. The van der Waals surface area contributed by atoms with Crippen molar-refractivity contribution in [3.8, 4) is 0 Å². The minimum absolute atomic E-state index is 0.177. The van der Waals surface area contributed by atoms with E-state index in [4.69, 9.17) is 0 Å². The molecule has 1 heterocycles. The molecular weight excluding hydrogens is 392 g/mol. The van der Waals surface area contributed by atoms with Crippen LogP contribution in [0.25, 0.3) is 0 Å². The van der Waals surface area contributed by atoms with Gasteiger partial charge in [-0.1, -0.05) is 20.8 Å². The van der Waals surface area contributed by atoms with Crippen LogP contribution in [0.4, 0.5) is 17.6 Å². The molecule has 1 amide bonds. The zero-order valence-electron chi connectivity index (χ0n) is 16.2. The Labute approximate surface area is 164 Å². The summed E-state index contributed by atoms with van der Waals surface area (Å²) >= 11 is 1.32. The second-order valence-electron chi connectivity index (χ2n) is 8.21. The molecule has 152 valence electrons. The predicted molar refractivity (Wildman–Crippen MR) is 99.8 cm³/mol. The molecule has 1 aliphatic carbocycles. The van der Waals surface area contributed by atoms with E-state index < -0.39 is 29.0 Å². The minimum atomic E-state index is -4.84. The number of rotatable bonds is 3. The molecule has 0 atom stereocenters. The molecule has 0 bridgehead atoms. The van der Waals surface area contributed by atoms with Crippen LogP contribution >= 0.6 is 11.3 Å². The molecule has 3 rings (SSSR count). The Hall–Kier alpha value is -1.96. The Balaban J connectivity index is 2.12. The second-order valence-corrected chi connectivity index (χ2v) is 9.19. The van der Waals surface area contributed by atoms with Crippen molar-refractivity contribution in [2.45, 2.75) is 58.7 Å². The summed E-state index contributed by atoms with van der Waals surface area (Å²) in [4.78, 5) is 18.1. The molecule has 8 heteroatoms. The maximum Gasteiger partial charge on any atom is 0.417 e. The summed E-state index contributed by atoms with van der Waals surface area (Å²) in [6.07, 6.45) is -2.65. The topological polar surface area (TPSA) is 34.4 Å². The fourth-order valence-corrected chi connectivity index (χ4v) is 4.32. The Morgan fingerprint density at radius 2 is 1.89 bits per heavy atom. The maximum absolute atomic E-state index is 13.3. The van der Waals surface area contributed by atoms with Crippen molar-refractivity contribution < 1.29 is 22.4 Å². The van der Waals surface area contributed by atoms with E-state index in [2.05, 4.69) is 4.99 Å². The van der Waals surface area contributed by atoms with Crippen LogP contribution in [0.1, 0.15) is 60.1 Å². The van der Waals surface area contributed by atoms with E-state index in [0.717, 1.165) is 35.5 Å². The summed E-state index contributed by atoms with van der Waals surface area (Å²) in [5.74, 6) is -1.56. The lowest BCUT2D eigenvalue weighted by Crippen LogP contribution is -2.21. The number of aromatic nitrogens is 1. The van der Waals surface area contributed by atoms with Gasteiger partial charge in [0.25, 0.3) is 5.91 Å². The number of benzene rings is 1. The van der Waals surface area contributed by atoms with Gasteiger partial charge in [0.05, 0.1) is 11.1 Å². The zero-order chi connectivity index (χ0) is 20.9. The SMILES string of the molecule is Cc1c(C(C)(C)C)sc(=NC(=O)c2ccc(F)cc2C(F)(F)F)n1CC1CC1. The van der Waals surface area contributed by atoms with Crippen LogP contribution in [0.2, 0.25) is 0 Å². The van der Waals surface area contributed by atoms with Gasteiger partial charge in [-0.15, -0.1) is 11.3 Å². The highest BCUT2D eigenvalue weighted by Crippen LogP contribution is 2.34. The van der Waals surface area contributed by atoms with E-state index in [1.165, 1.54) is 11.3 Å². The van der Waals surface area contributed by atoms with Gasteiger partial charge in [0.15, 0.2) is 4.80 Å². The van der Waals surface area contributed by atoms with Gasteiger partial charge < -0.3 is 4.57 Å². The quantitative estimate of drug-likeness (QED) is 0.614. The van der Waals surface area contributed by atoms with E-state index in [1.807, 2.05) is 32.3 Å². The number of thiazole rings is 1. The Bertz CT molecular complexity index is 976. The van der Waals surface area contributed by atoms with Crippen molar-refractivity contribution in [1.29, 1.82) is 0 Å². The van der Waals surface area contributed by atoms with E-state index in [9.17, 15) is 22.4 Å². The molecule has 3 nitrogen and oxygen atoms in total. The number of hydrogen-bond donors (Lipinski definition) is 0. The summed E-state index contributed by atoms with van der Waals surface area (Å²) in [6.45, 7) is 8.77. The largest absolute Gasteiger partial charge is 0.417 e. The summed E-state index contributed by atoms with van der Waals surface area (Å²) in [6, 6.07) is 2.03.